The lowest BCUT2D eigenvalue weighted by Crippen LogP contribution is -2.27. The molecule has 0 bridgehead atoms. The molecule has 0 radical (unpaired) electrons. The molecule has 3 nitrogen and oxygen atoms in total. The molecular weight excluding hydrogens is 200 g/mol. The summed E-state index contributed by atoms with van der Waals surface area (Å²) in [6, 6.07) is 8.33. The lowest BCUT2D eigenvalue weighted by molar-refractivity contribution is 0.266. The highest BCUT2D eigenvalue weighted by atomic mass is 16.5. The van der Waals surface area contributed by atoms with E-state index in [-0.39, 0.29) is 0 Å². The molecule has 1 aromatic rings. The third-order valence-corrected chi connectivity index (χ3v) is 3.07. The number of ether oxygens (including phenoxy) is 1. The van der Waals surface area contributed by atoms with Gasteiger partial charge in [-0.15, -0.1) is 0 Å². The second kappa shape index (κ2) is 5.32. The second-order valence-electron chi connectivity index (χ2n) is 4.45. The quantitative estimate of drug-likeness (QED) is 0.816. The zero-order valence-electron chi connectivity index (χ0n) is 9.86. The fraction of sp³-hybridized carbons (Fsp3) is 0.538. The molecule has 0 amide bonds. The van der Waals surface area contributed by atoms with E-state index in [0.29, 0.717) is 5.92 Å². The molecular formula is C13H20N2O. The highest BCUT2D eigenvalue weighted by Gasteiger charge is 2.24. The minimum atomic E-state index is 0.513. The van der Waals surface area contributed by atoms with Crippen LogP contribution in [0.3, 0.4) is 0 Å². The Bertz CT molecular complexity index is 340. The van der Waals surface area contributed by atoms with Gasteiger partial charge in [-0.3, -0.25) is 0 Å². The highest BCUT2D eigenvalue weighted by molar-refractivity contribution is 5.39. The van der Waals surface area contributed by atoms with E-state index in [1.807, 2.05) is 6.07 Å². The van der Waals surface area contributed by atoms with Gasteiger partial charge in [0, 0.05) is 18.0 Å². The van der Waals surface area contributed by atoms with E-state index in [2.05, 4.69) is 30.1 Å². The van der Waals surface area contributed by atoms with Gasteiger partial charge >= 0.3 is 0 Å². The molecule has 2 rings (SSSR count). The van der Waals surface area contributed by atoms with Crippen molar-refractivity contribution in [3.05, 3.63) is 29.8 Å². The molecule has 16 heavy (non-hydrogen) atoms. The standard InChI is InChI=1S/C13H20N2O/c1-15(8-4-7-14)9-11-10-16-13-6-3-2-5-12(11)13/h2-3,5-6,11H,4,7-10,14H2,1H3. The molecule has 1 aliphatic heterocycles. The number of para-hydroxylation sites is 1. The Morgan fingerprint density at radius 1 is 1.44 bits per heavy atom. The highest BCUT2D eigenvalue weighted by Crippen LogP contribution is 2.33. The molecule has 0 aromatic heterocycles. The third-order valence-electron chi connectivity index (χ3n) is 3.07. The molecule has 88 valence electrons. The maximum Gasteiger partial charge on any atom is 0.122 e. The summed E-state index contributed by atoms with van der Waals surface area (Å²) in [5.41, 5.74) is 6.86. The monoisotopic (exact) mass is 220 g/mol. The van der Waals surface area contributed by atoms with Gasteiger partial charge in [0.1, 0.15) is 5.75 Å². The third kappa shape index (κ3) is 2.54. The van der Waals surface area contributed by atoms with Crippen molar-refractivity contribution in [3.8, 4) is 5.75 Å². The Hall–Kier alpha value is -1.06. The zero-order valence-corrected chi connectivity index (χ0v) is 9.86. The molecule has 1 aliphatic rings. The first kappa shape index (κ1) is 11.4. The molecule has 0 fully saturated rings. The summed E-state index contributed by atoms with van der Waals surface area (Å²) in [5, 5.41) is 0. The minimum Gasteiger partial charge on any atom is -0.493 e. The van der Waals surface area contributed by atoms with Crippen LogP contribution in [0.1, 0.15) is 17.9 Å². The normalized spacial score (nSPS) is 18.6. The van der Waals surface area contributed by atoms with Crippen molar-refractivity contribution in [1.29, 1.82) is 0 Å². The molecule has 3 heteroatoms. The van der Waals surface area contributed by atoms with Gasteiger partial charge in [-0.05, 0) is 32.6 Å². The molecule has 1 unspecified atom stereocenters. The van der Waals surface area contributed by atoms with Crippen LogP contribution in [-0.2, 0) is 0 Å². The number of fused-ring (bicyclic) bond motifs is 1. The first-order valence-corrected chi connectivity index (χ1v) is 5.91. The number of hydrogen-bond donors (Lipinski definition) is 1. The van der Waals surface area contributed by atoms with Crippen LogP contribution in [0.25, 0.3) is 0 Å². The van der Waals surface area contributed by atoms with E-state index >= 15 is 0 Å². The summed E-state index contributed by atoms with van der Waals surface area (Å²) in [6.45, 7) is 3.70. The number of nitrogens with zero attached hydrogens (tertiary/aromatic N) is 1. The van der Waals surface area contributed by atoms with Gasteiger partial charge < -0.3 is 15.4 Å². The maximum absolute atomic E-state index is 5.67. The fourth-order valence-electron chi connectivity index (χ4n) is 2.21. The van der Waals surface area contributed by atoms with Gasteiger partial charge in [-0.2, -0.15) is 0 Å². The molecule has 0 spiro atoms. The molecule has 1 atom stereocenters. The minimum absolute atomic E-state index is 0.513. The Morgan fingerprint density at radius 2 is 2.25 bits per heavy atom. The summed E-state index contributed by atoms with van der Waals surface area (Å²) < 4.78 is 5.67. The molecule has 0 aliphatic carbocycles. The summed E-state index contributed by atoms with van der Waals surface area (Å²) >= 11 is 0. The average Bonchev–Trinajstić information content (AvgIpc) is 2.70. The number of likely N-dealkylation sites (N-methyl/N-ethyl adjacent to an activating group) is 1. The van der Waals surface area contributed by atoms with Gasteiger partial charge in [-0.1, -0.05) is 18.2 Å². The van der Waals surface area contributed by atoms with Crippen LogP contribution in [0.15, 0.2) is 24.3 Å². The SMILES string of the molecule is CN(CCCN)CC1COc2ccccc21. The van der Waals surface area contributed by atoms with Crippen molar-refractivity contribution in [2.24, 2.45) is 5.73 Å². The van der Waals surface area contributed by atoms with Crippen LogP contribution in [0.2, 0.25) is 0 Å². The van der Waals surface area contributed by atoms with E-state index in [0.717, 1.165) is 38.4 Å². The van der Waals surface area contributed by atoms with Crippen molar-refractivity contribution in [1.82, 2.24) is 4.90 Å². The van der Waals surface area contributed by atoms with Gasteiger partial charge in [0.25, 0.3) is 0 Å². The van der Waals surface area contributed by atoms with Crippen LogP contribution in [0.5, 0.6) is 5.75 Å². The summed E-state index contributed by atoms with van der Waals surface area (Å²) in [7, 11) is 2.15. The van der Waals surface area contributed by atoms with E-state index in [1.54, 1.807) is 0 Å². The van der Waals surface area contributed by atoms with Crippen LogP contribution in [0.4, 0.5) is 0 Å². The summed E-state index contributed by atoms with van der Waals surface area (Å²) in [6.07, 6.45) is 1.06. The molecule has 1 heterocycles. The van der Waals surface area contributed by atoms with Crippen molar-refractivity contribution >= 4 is 0 Å². The molecule has 2 N–H and O–H groups in total. The first-order chi connectivity index (χ1) is 7.81. The van der Waals surface area contributed by atoms with Crippen LogP contribution in [0, 0.1) is 0 Å². The van der Waals surface area contributed by atoms with Gasteiger partial charge in [0.2, 0.25) is 0 Å². The smallest absolute Gasteiger partial charge is 0.122 e. The Balaban J connectivity index is 1.92. The van der Waals surface area contributed by atoms with Crippen molar-refractivity contribution in [3.63, 3.8) is 0 Å². The summed E-state index contributed by atoms with van der Waals surface area (Å²) in [4.78, 5) is 2.34. The average molecular weight is 220 g/mol. The lowest BCUT2D eigenvalue weighted by Gasteiger charge is -2.19. The second-order valence-corrected chi connectivity index (χ2v) is 4.45. The van der Waals surface area contributed by atoms with E-state index in [9.17, 15) is 0 Å². The topological polar surface area (TPSA) is 38.5 Å². The van der Waals surface area contributed by atoms with Gasteiger partial charge in [-0.25, -0.2) is 0 Å². The number of rotatable bonds is 5. The van der Waals surface area contributed by atoms with E-state index in [4.69, 9.17) is 10.5 Å². The number of hydrogen-bond acceptors (Lipinski definition) is 3. The largest absolute Gasteiger partial charge is 0.493 e. The maximum atomic E-state index is 5.67. The Morgan fingerprint density at radius 3 is 3.06 bits per heavy atom. The van der Waals surface area contributed by atoms with Crippen LogP contribution < -0.4 is 10.5 Å². The van der Waals surface area contributed by atoms with Crippen LogP contribution in [-0.4, -0.2) is 38.2 Å². The van der Waals surface area contributed by atoms with Crippen LogP contribution >= 0.6 is 0 Å². The van der Waals surface area contributed by atoms with Crippen molar-refractivity contribution in [2.45, 2.75) is 12.3 Å². The lowest BCUT2D eigenvalue weighted by atomic mass is 10.0. The van der Waals surface area contributed by atoms with Crippen molar-refractivity contribution < 1.29 is 4.74 Å². The Labute approximate surface area is 97.2 Å². The van der Waals surface area contributed by atoms with Gasteiger partial charge in [0.05, 0.1) is 6.61 Å². The number of benzene rings is 1. The van der Waals surface area contributed by atoms with E-state index < -0.39 is 0 Å². The number of nitrogens with two attached hydrogens (primary N) is 1. The predicted octanol–water partition coefficient (Wildman–Crippen LogP) is 1.44. The predicted molar refractivity (Wildman–Crippen MR) is 65.8 cm³/mol. The van der Waals surface area contributed by atoms with Crippen molar-refractivity contribution in [2.75, 3.05) is 33.3 Å². The fourth-order valence-corrected chi connectivity index (χ4v) is 2.21. The van der Waals surface area contributed by atoms with E-state index in [1.165, 1.54) is 5.56 Å². The van der Waals surface area contributed by atoms with Gasteiger partial charge in [0.15, 0.2) is 0 Å². The first-order valence-electron chi connectivity index (χ1n) is 5.91. The zero-order chi connectivity index (χ0) is 11.4. The molecule has 0 saturated carbocycles. The summed E-state index contributed by atoms with van der Waals surface area (Å²) in [5.74, 6) is 1.57. The Kier molecular flexibility index (Phi) is 3.80. The molecule has 0 saturated heterocycles. The molecule has 1 aromatic carbocycles.